The van der Waals surface area contributed by atoms with Crippen molar-refractivity contribution in [2.45, 2.75) is 37.5 Å². The molecule has 3 nitrogen and oxygen atoms in total. The van der Waals surface area contributed by atoms with Crippen LogP contribution >= 0.6 is 0 Å². The molecule has 0 bridgehead atoms. The maximum absolute atomic E-state index is 11.9. The average Bonchev–Trinajstić information content (AvgIpc) is 2.38. The normalized spacial score (nSPS) is 13.2. The van der Waals surface area contributed by atoms with Gasteiger partial charge in [0.15, 0.2) is 0 Å². The number of hydrogen-bond acceptors (Lipinski definition) is 2. The van der Waals surface area contributed by atoms with Gasteiger partial charge in [0.1, 0.15) is 0 Å². The summed E-state index contributed by atoms with van der Waals surface area (Å²) in [6.45, 7) is 8.19. The minimum atomic E-state index is -3.38. The van der Waals surface area contributed by atoms with Crippen molar-refractivity contribution in [1.82, 2.24) is 4.72 Å². The summed E-state index contributed by atoms with van der Waals surface area (Å²) in [5.74, 6) is 0.454. The zero-order valence-corrected chi connectivity index (χ0v) is 11.8. The smallest absolute Gasteiger partial charge is 0.211 e. The Kier molecular flexibility index (Phi) is 5.56. The molecule has 1 rings (SSSR count). The summed E-state index contributed by atoms with van der Waals surface area (Å²) in [5.41, 5.74) is 1.17. The van der Waals surface area contributed by atoms with Crippen molar-refractivity contribution in [2.24, 2.45) is 0 Å². The Labute approximate surface area is 110 Å². The highest BCUT2D eigenvalue weighted by Gasteiger charge is 2.13. The fourth-order valence-corrected chi connectivity index (χ4v) is 2.64. The van der Waals surface area contributed by atoms with E-state index >= 15 is 0 Å². The third-order valence-corrected chi connectivity index (χ3v) is 4.49. The molecule has 1 atom stereocenters. The first kappa shape index (κ1) is 14.9. The molecular formula is C14H21NO2S. The Morgan fingerprint density at radius 3 is 2.44 bits per heavy atom. The van der Waals surface area contributed by atoms with Gasteiger partial charge in [-0.2, -0.15) is 0 Å². The standard InChI is InChI=1S/C14H21NO2S/c1-4-6-11-15-18(16,17)14-9-7-13(8-10-14)12(3)5-2/h4,7-10,12,15H,1,5-6,11H2,2-3H3. The molecule has 4 heteroatoms. The number of sulfonamides is 1. The van der Waals surface area contributed by atoms with Gasteiger partial charge in [0.25, 0.3) is 0 Å². The lowest BCUT2D eigenvalue weighted by Crippen LogP contribution is -2.24. The van der Waals surface area contributed by atoms with E-state index in [1.165, 1.54) is 5.56 Å². The van der Waals surface area contributed by atoms with Crippen LogP contribution in [0, 0.1) is 0 Å². The molecule has 1 aromatic rings. The average molecular weight is 267 g/mol. The van der Waals surface area contributed by atoms with Crippen molar-refractivity contribution in [3.05, 3.63) is 42.5 Å². The van der Waals surface area contributed by atoms with E-state index in [1.54, 1.807) is 18.2 Å². The van der Waals surface area contributed by atoms with Crippen molar-refractivity contribution < 1.29 is 8.42 Å². The van der Waals surface area contributed by atoms with Crippen LogP contribution in [-0.4, -0.2) is 15.0 Å². The third-order valence-electron chi connectivity index (χ3n) is 3.01. The molecule has 0 spiro atoms. The van der Waals surface area contributed by atoms with Crippen LogP contribution in [0.4, 0.5) is 0 Å². The van der Waals surface area contributed by atoms with E-state index in [-0.39, 0.29) is 0 Å². The van der Waals surface area contributed by atoms with Crippen molar-refractivity contribution in [3.8, 4) is 0 Å². The van der Waals surface area contributed by atoms with Gasteiger partial charge in [-0.3, -0.25) is 0 Å². The SMILES string of the molecule is C=CCCNS(=O)(=O)c1ccc(C(C)CC)cc1. The molecule has 0 aliphatic rings. The van der Waals surface area contributed by atoms with E-state index in [4.69, 9.17) is 0 Å². The van der Waals surface area contributed by atoms with E-state index in [0.29, 0.717) is 23.8 Å². The summed E-state index contributed by atoms with van der Waals surface area (Å²) in [6.07, 6.45) is 3.36. The lowest BCUT2D eigenvalue weighted by atomic mass is 9.99. The maximum atomic E-state index is 11.9. The van der Waals surface area contributed by atoms with Crippen molar-refractivity contribution in [3.63, 3.8) is 0 Å². The molecule has 0 saturated heterocycles. The Morgan fingerprint density at radius 2 is 1.94 bits per heavy atom. The largest absolute Gasteiger partial charge is 0.240 e. The van der Waals surface area contributed by atoms with Gasteiger partial charge >= 0.3 is 0 Å². The second-order valence-corrected chi connectivity index (χ2v) is 6.12. The van der Waals surface area contributed by atoms with E-state index in [9.17, 15) is 8.42 Å². The van der Waals surface area contributed by atoms with Gasteiger partial charge in [-0.15, -0.1) is 6.58 Å². The van der Waals surface area contributed by atoms with E-state index in [0.717, 1.165) is 6.42 Å². The molecule has 0 aliphatic carbocycles. The van der Waals surface area contributed by atoms with Crippen LogP contribution in [0.15, 0.2) is 41.8 Å². The Hall–Kier alpha value is -1.13. The second kappa shape index (κ2) is 6.71. The summed E-state index contributed by atoms with van der Waals surface area (Å²) in [7, 11) is -3.38. The molecule has 1 aromatic carbocycles. The van der Waals surface area contributed by atoms with Crippen LogP contribution < -0.4 is 4.72 Å². The Morgan fingerprint density at radius 1 is 1.33 bits per heavy atom. The quantitative estimate of drug-likeness (QED) is 0.609. The van der Waals surface area contributed by atoms with E-state index in [2.05, 4.69) is 25.1 Å². The van der Waals surface area contributed by atoms with E-state index in [1.807, 2.05) is 12.1 Å². The summed E-state index contributed by atoms with van der Waals surface area (Å²) >= 11 is 0. The van der Waals surface area contributed by atoms with Gasteiger partial charge in [-0.25, -0.2) is 13.1 Å². The number of benzene rings is 1. The fourth-order valence-electron chi connectivity index (χ4n) is 1.59. The van der Waals surface area contributed by atoms with Gasteiger partial charge in [0.2, 0.25) is 10.0 Å². The Balaban J connectivity index is 2.80. The number of hydrogen-bond donors (Lipinski definition) is 1. The molecule has 18 heavy (non-hydrogen) atoms. The summed E-state index contributed by atoms with van der Waals surface area (Å²) < 4.78 is 26.4. The second-order valence-electron chi connectivity index (χ2n) is 4.35. The predicted molar refractivity (Wildman–Crippen MR) is 75.2 cm³/mol. The highest BCUT2D eigenvalue weighted by atomic mass is 32.2. The van der Waals surface area contributed by atoms with Crippen LogP contribution in [-0.2, 0) is 10.0 Å². The summed E-state index contributed by atoms with van der Waals surface area (Å²) in [5, 5.41) is 0. The molecule has 0 aliphatic heterocycles. The zero-order chi connectivity index (χ0) is 13.6. The molecule has 0 aromatic heterocycles. The highest BCUT2D eigenvalue weighted by Crippen LogP contribution is 2.20. The monoisotopic (exact) mass is 267 g/mol. The van der Waals surface area contributed by atoms with Crippen molar-refractivity contribution >= 4 is 10.0 Å². The molecular weight excluding hydrogens is 246 g/mol. The van der Waals surface area contributed by atoms with Crippen LogP contribution in [0.5, 0.6) is 0 Å². The zero-order valence-electron chi connectivity index (χ0n) is 11.0. The topological polar surface area (TPSA) is 46.2 Å². The molecule has 1 unspecified atom stereocenters. The minimum absolute atomic E-state index is 0.318. The van der Waals surface area contributed by atoms with Crippen LogP contribution in [0.3, 0.4) is 0 Å². The van der Waals surface area contributed by atoms with Gasteiger partial charge in [-0.05, 0) is 36.5 Å². The molecule has 0 heterocycles. The lowest BCUT2D eigenvalue weighted by Gasteiger charge is -2.10. The minimum Gasteiger partial charge on any atom is -0.211 e. The molecule has 0 radical (unpaired) electrons. The van der Waals surface area contributed by atoms with E-state index < -0.39 is 10.0 Å². The summed E-state index contributed by atoms with van der Waals surface area (Å²) in [6, 6.07) is 7.10. The first-order valence-electron chi connectivity index (χ1n) is 6.21. The molecule has 1 N–H and O–H groups in total. The highest BCUT2D eigenvalue weighted by molar-refractivity contribution is 7.89. The molecule has 0 fully saturated rings. The number of nitrogens with one attached hydrogen (secondary N) is 1. The molecule has 0 amide bonds. The van der Waals surface area contributed by atoms with Crippen molar-refractivity contribution in [2.75, 3.05) is 6.54 Å². The maximum Gasteiger partial charge on any atom is 0.240 e. The predicted octanol–water partition coefficient (Wildman–Crippen LogP) is 3.05. The fraction of sp³-hybridized carbons (Fsp3) is 0.429. The molecule has 100 valence electrons. The van der Waals surface area contributed by atoms with Gasteiger partial charge in [0, 0.05) is 6.54 Å². The first-order valence-corrected chi connectivity index (χ1v) is 7.70. The van der Waals surface area contributed by atoms with Crippen LogP contribution in [0.25, 0.3) is 0 Å². The number of rotatable bonds is 7. The first-order chi connectivity index (χ1) is 8.51. The molecule has 0 saturated carbocycles. The lowest BCUT2D eigenvalue weighted by molar-refractivity contribution is 0.582. The summed E-state index contributed by atoms with van der Waals surface area (Å²) in [4.78, 5) is 0.318. The van der Waals surface area contributed by atoms with Crippen LogP contribution in [0.2, 0.25) is 0 Å². The van der Waals surface area contributed by atoms with Crippen LogP contribution in [0.1, 0.15) is 38.2 Å². The Bertz CT molecular complexity index is 477. The van der Waals surface area contributed by atoms with Gasteiger partial charge in [-0.1, -0.05) is 32.1 Å². The van der Waals surface area contributed by atoms with Crippen molar-refractivity contribution in [1.29, 1.82) is 0 Å². The van der Waals surface area contributed by atoms with Gasteiger partial charge in [0.05, 0.1) is 4.90 Å². The third kappa shape index (κ3) is 3.96. The van der Waals surface area contributed by atoms with Gasteiger partial charge < -0.3 is 0 Å².